The predicted octanol–water partition coefficient (Wildman–Crippen LogP) is 3.63. The van der Waals surface area contributed by atoms with Crippen LogP contribution >= 0.6 is 0 Å². The summed E-state index contributed by atoms with van der Waals surface area (Å²) in [5, 5.41) is 2.56. The first-order valence-electron chi connectivity index (χ1n) is 7.35. The summed E-state index contributed by atoms with van der Waals surface area (Å²) in [6, 6.07) is 8.92. The van der Waals surface area contributed by atoms with Gasteiger partial charge in [-0.1, -0.05) is 26.0 Å². The Hall–Kier alpha value is -2.57. The molecular formula is C17H17F3N2O2. The third-order valence-corrected chi connectivity index (χ3v) is 3.50. The van der Waals surface area contributed by atoms with Crippen LogP contribution in [0.2, 0.25) is 0 Å². The SMILES string of the molecule is CC(C)c1ccc(NC(=O)Cn2cccc(C(F)(F)F)c2=O)cc1. The highest BCUT2D eigenvalue weighted by atomic mass is 19.4. The topological polar surface area (TPSA) is 51.1 Å². The Morgan fingerprint density at radius 1 is 1.17 bits per heavy atom. The number of aromatic nitrogens is 1. The van der Waals surface area contributed by atoms with E-state index in [1.54, 1.807) is 12.1 Å². The molecule has 128 valence electrons. The van der Waals surface area contributed by atoms with E-state index in [2.05, 4.69) is 5.32 Å². The maximum Gasteiger partial charge on any atom is 0.421 e. The van der Waals surface area contributed by atoms with Crippen molar-refractivity contribution in [1.29, 1.82) is 0 Å². The van der Waals surface area contributed by atoms with Gasteiger partial charge in [-0.05, 0) is 35.7 Å². The van der Waals surface area contributed by atoms with Gasteiger partial charge in [-0.3, -0.25) is 9.59 Å². The van der Waals surface area contributed by atoms with Gasteiger partial charge in [0.25, 0.3) is 5.56 Å². The van der Waals surface area contributed by atoms with Gasteiger partial charge in [0.1, 0.15) is 12.1 Å². The van der Waals surface area contributed by atoms with E-state index < -0.39 is 29.8 Å². The van der Waals surface area contributed by atoms with Crippen LogP contribution in [0.5, 0.6) is 0 Å². The number of carbonyl (C=O) groups is 1. The van der Waals surface area contributed by atoms with Crippen LogP contribution in [0, 0.1) is 0 Å². The van der Waals surface area contributed by atoms with Crippen molar-refractivity contribution in [2.45, 2.75) is 32.5 Å². The second-order valence-corrected chi connectivity index (χ2v) is 5.68. The minimum atomic E-state index is -4.75. The van der Waals surface area contributed by atoms with Crippen LogP contribution in [0.4, 0.5) is 18.9 Å². The van der Waals surface area contributed by atoms with Crippen LogP contribution in [0.3, 0.4) is 0 Å². The van der Waals surface area contributed by atoms with Gasteiger partial charge in [-0.25, -0.2) is 0 Å². The number of hydrogen-bond donors (Lipinski definition) is 1. The Morgan fingerprint density at radius 3 is 2.33 bits per heavy atom. The molecule has 0 saturated carbocycles. The van der Waals surface area contributed by atoms with Gasteiger partial charge in [-0.2, -0.15) is 13.2 Å². The predicted molar refractivity (Wildman–Crippen MR) is 84.9 cm³/mol. The molecule has 0 spiro atoms. The normalized spacial score (nSPS) is 11.6. The number of amides is 1. The zero-order valence-electron chi connectivity index (χ0n) is 13.2. The lowest BCUT2D eigenvalue weighted by atomic mass is 10.0. The van der Waals surface area contributed by atoms with Gasteiger partial charge >= 0.3 is 6.18 Å². The third-order valence-electron chi connectivity index (χ3n) is 3.50. The summed E-state index contributed by atoms with van der Waals surface area (Å²) in [4.78, 5) is 23.7. The number of carbonyl (C=O) groups excluding carboxylic acids is 1. The average Bonchev–Trinajstić information content (AvgIpc) is 2.48. The summed E-state index contributed by atoms with van der Waals surface area (Å²) < 4.78 is 38.8. The van der Waals surface area contributed by atoms with E-state index in [-0.39, 0.29) is 0 Å². The van der Waals surface area contributed by atoms with Gasteiger partial charge in [0.15, 0.2) is 0 Å². The van der Waals surface area contributed by atoms with Gasteiger partial charge in [0, 0.05) is 11.9 Å². The van der Waals surface area contributed by atoms with Crippen molar-refractivity contribution in [2.24, 2.45) is 0 Å². The zero-order valence-corrected chi connectivity index (χ0v) is 13.2. The molecule has 2 rings (SSSR count). The van der Waals surface area contributed by atoms with Crippen molar-refractivity contribution < 1.29 is 18.0 Å². The first-order chi connectivity index (χ1) is 11.2. The molecule has 0 unspecified atom stereocenters. The van der Waals surface area contributed by atoms with E-state index in [0.717, 1.165) is 22.4 Å². The number of halogens is 3. The number of alkyl halides is 3. The molecular weight excluding hydrogens is 321 g/mol. The van der Waals surface area contributed by atoms with Crippen molar-refractivity contribution in [3.8, 4) is 0 Å². The lowest BCUT2D eigenvalue weighted by molar-refractivity contribution is -0.139. The molecule has 24 heavy (non-hydrogen) atoms. The molecule has 1 N–H and O–H groups in total. The van der Waals surface area contributed by atoms with Crippen LogP contribution in [-0.4, -0.2) is 10.5 Å². The Labute approximate surface area is 136 Å². The van der Waals surface area contributed by atoms with Crippen LogP contribution in [-0.2, 0) is 17.5 Å². The molecule has 0 aliphatic rings. The smallest absolute Gasteiger partial charge is 0.325 e. The summed E-state index contributed by atoms with van der Waals surface area (Å²) in [6.07, 6.45) is -3.59. The molecule has 0 atom stereocenters. The van der Waals surface area contributed by atoms with Crippen molar-refractivity contribution in [3.63, 3.8) is 0 Å². The molecule has 1 heterocycles. The fourth-order valence-electron chi connectivity index (χ4n) is 2.18. The quantitative estimate of drug-likeness (QED) is 0.925. The van der Waals surface area contributed by atoms with Crippen molar-refractivity contribution >= 4 is 11.6 Å². The van der Waals surface area contributed by atoms with E-state index in [4.69, 9.17) is 0 Å². The molecule has 4 nitrogen and oxygen atoms in total. The summed E-state index contributed by atoms with van der Waals surface area (Å²) in [5.41, 5.74) is -0.916. The second-order valence-electron chi connectivity index (χ2n) is 5.68. The molecule has 0 saturated heterocycles. The zero-order chi connectivity index (χ0) is 17.9. The standard InChI is InChI=1S/C17H17F3N2O2/c1-11(2)12-5-7-13(8-6-12)21-15(23)10-22-9-3-4-14(16(22)24)17(18,19)20/h3-9,11H,10H2,1-2H3,(H,21,23). The first kappa shape index (κ1) is 17.8. The van der Waals surface area contributed by atoms with E-state index in [0.29, 0.717) is 17.7 Å². The highest BCUT2D eigenvalue weighted by Crippen LogP contribution is 2.26. The van der Waals surface area contributed by atoms with E-state index in [1.165, 1.54) is 0 Å². The van der Waals surface area contributed by atoms with Crippen LogP contribution < -0.4 is 10.9 Å². The number of nitrogens with one attached hydrogen (secondary N) is 1. The monoisotopic (exact) mass is 338 g/mol. The van der Waals surface area contributed by atoms with Gasteiger partial charge in [0.2, 0.25) is 5.91 Å². The summed E-state index contributed by atoms with van der Waals surface area (Å²) in [5.74, 6) is -0.229. The number of pyridine rings is 1. The number of nitrogens with zero attached hydrogens (tertiary/aromatic N) is 1. The molecule has 0 aliphatic heterocycles. The molecule has 0 bridgehead atoms. The molecule has 0 radical (unpaired) electrons. The fraction of sp³-hybridized carbons (Fsp3) is 0.294. The molecule has 2 aromatic rings. The Bertz CT molecular complexity index is 778. The second kappa shape index (κ2) is 6.90. The summed E-state index contributed by atoms with van der Waals surface area (Å²) in [7, 11) is 0. The summed E-state index contributed by atoms with van der Waals surface area (Å²) >= 11 is 0. The average molecular weight is 338 g/mol. The van der Waals surface area contributed by atoms with Crippen molar-refractivity contribution in [1.82, 2.24) is 4.57 Å². The van der Waals surface area contributed by atoms with Crippen molar-refractivity contribution in [3.05, 3.63) is 64.1 Å². The molecule has 0 fully saturated rings. The van der Waals surface area contributed by atoms with Gasteiger partial charge in [0.05, 0.1) is 0 Å². The molecule has 1 amide bonds. The maximum absolute atomic E-state index is 12.7. The first-order valence-corrected chi connectivity index (χ1v) is 7.35. The summed E-state index contributed by atoms with van der Waals surface area (Å²) in [6.45, 7) is 3.58. The van der Waals surface area contributed by atoms with Crippen LogP contribution in [0.1, 0.15) is 30.9 Å². The molecule has 1 aromatic heterocycles. The van der Waals surface area contributed by atoms with E-state index in [1.807, 2.05) is 26.0 Å². The van der Waals surface area contributed by atoms with E-state index >= 15 is 0 Å². The van der Waals surface area contributed by atoms with Crippen molar-refractivity contribution in [2.75, 3.05) is 5.32 Å². The Morgan fingerprint density at radius 2 is 1.79 bits per heavy atom. The Kier molecular flexibility index (Phi) is 5.11. The molecule has 1 aromatic carbocycles. The lowest BCUT2D eigenvalue weighted by Crippen LogP contribution is -2.31. The largest absolute Gasteiger partial charge is 0.421 e. The Balaban J connectivity index is 2.12. The highest BCUT2D eigenvalue weighted by molar-refractivity contribution is 5.90. The van der Waals surface area contributed by atoms with Gasteiger partial charge < -0.3 is 9.88 Å². The highest BCUT2D eigenvalue weighted by Gasteiger charge is 2.34. The minimum absolute atomic E-state index is 0.346. The van der Waals surface area contributed by atoms with Crippen LogP contribution in [0.25, 0.3) is 0 Å². The fourth-order valence-corrected chi connectivity index (χ4v) is 2.18. The number of rotatable bonds is 4. The number of benzene rings is 1. The van der Waals surface area contributed by atoms with Crippen LogP contribution in [0.15, 0.2) is 47.4 Å². The molecule has 0 aliphatic carbocycles. The number of hydrogen-bond acceptors (Lipinski definition) is 2. The maximum atomic E-state index is 12.7. The molecule has 7 heteroatoms. The number of anilines is 1. The van der Waals surface area contributed by atoms with E-state index in [9.17, 15) is 22.8 Å². The lowest BCUT2D eigenvalue weighted by Gasteiger charge is -2.11. The van der Waals surface area contributed by atoms with Gasteiger partial charge in [-0.15, -0.1) is 0 Å². The third kappa shape index (κ3) is 4.24. The minimum Gasteiger partial charge on any atom is -0.325 e.